The van der Waals surface area contributed by atoms with Crippen LogP contribution in [0.4, 0.5) is 23.2 Å². The van der Waals surface area contributed by atoms with Crippen LogP contribution in [0.1, 0.15) is 50.5 Å². The van der Waals surface area contributed by atoms with Crippen molar-refractivity contribution in [2.75, 3.05) is 5.73 Å². The largest absolute Gasteiger partial charge is 0.476 e. The number of aryl methyl sites for hydroxylation is 1. The monoisotopic (exact) mass is 464 g/mol. The van der Waals surface area contributed by atoms with Crippen LogP contribution in [-0.2, 0) is 6.54 Å². The van der Waals surface area contributed by atoms with Gasteiger partial charge in [0.15, 0.2) is 5.69 Å². The van der Waals surface area contributed by atoms with Gasteiger partial charge in [-0.2, -0.15) is 18.3 Å². The number of aromatic carboxylic acids is 1. The van der Waals surface area contributed by atoms with E-state index in [1.54, 1.807) is 19.1 Å². The number of carbonyl (C=O) groups is 2. The molecule has 0 saturated carbocycles. The molecule has 1 unspecified atom stereocenters. The third kappa shape index (κ3) is 4.97. The van der Waals surface area contributed by atoms with E-state index in [2.05, 4.69) is 10.4 Å². The van der Waals surface area contributed by atoms with Crippen LogP contribution in [0, 0.1) is 12.7 Å². The molecule has 1 aromatic heterocycles. The Bertz CT molecular complexity index is 1200. The molecule has 1 atom stereocenters. The van der Waals surface area contributed by atoms with Gasteiger partial charge in [0.05, 0.1) is 23.0 Å². The second-order valence-electron chi connectivity index (χ2n) is 7.44. The van der Waals surface area contributed by atoms with Crippen LogP contribution in [0.3, 0.4) is 0 Å². The van der Waals surface area contributed by atoms with E-state index in [1.165, 1.54) is 24.3 Å². The van der Waals surface area contributed by atoms with Crippen LogP contribution in [0.5, 0.6) is 0 Å². The molecule has 0 aliphatic heterocycles. The minimum atomic E-state index is -4.65. The van der Waals surface area contributed by atoms with E-state index in [9.17, 15) is 32.3 Å². The molecule has 7 nitrogen and oxygen atoms in total. The molecular formula is C22H20F4N4O3. The second-order valence-corrected chi connectivity index (χ2v) is 7.44. The standard InChI is InChI=1S/C22H20F4N4O3/c1-11-3-6-14(23)9-16(11)20(31)28-10-13-4-7-15(8-5-13)30-19(21(32)33)17(27)18(29-30)12(2)22(24,25)26/h3-9,12H,10,27H2,1-2H3,(H,28,31)(H,32,33). The molecule has 174 valence electrons. The van der Waals surface area contributed by atoms with Crippen molar-refractivity contribution in [2.45, 2.75) is 32.5 Å². The van der Waals surface area contributed by atoms with E-state index in [4.69, 9.17) is 5.73 Å². The number of nitrogens with two attached hydrogens (primary N) is 1. The Morgan fingerprint density at radius 1 is 1.18 bits per heavy atom. The van der Waals surface area contributed by atoms with Crippen molar-refractivity contribution in [2.24, 2.45) is 0 Å². The Morgan fingerprint density at radius 2 is 1.82 bits per heavy atom. The second kappa shape index (κ2) is 8.93. The minimum absolute atomic E-state index is 0.0818. The van der Waals surface area contributed by atoms with Gasteiger partial charge in [-0.1, -0.05) is 18.2 Å². The van der Waals surface area contributed by atoms with E-state index in [1.807, 2.05) is 0 Å². The maximum Gasteiger partial charge on any atom is 0.397 e. The number of nitrogens with one attached hydrogen (secondary N) is 1. The Hall–Kier alpha value is -3.89. The summed E-state index contributed by atoms with van der Waals surface area (Å²) in [6, 6.07) is 9.84. The predicted molar refractivity (Wildman–Crippen MR) is 112 cm³/mol. The van der Waals surface area contributed by atoms with Crippen molar-refractivity contribution in [3.8, 4) is 5.69 Å². The first-order valence-electron chi connectivity index (χ1n) is 9.72. The highest BCUT2D eigenvalue weighted by atomic mass is 19.4. The summed E-state index contributed by atoms with van der Waals surface area (Å²) in [7, 11) is 0. The molecule has 0 radical (unpaired) electrons. The number of carboxylic acid groups (broad SMARTS) is 1. The van der Waals surface area contributed by atoms with Gasteiger partial charge < -0.3 is 16.2 Å². The molecular weight excluding hydrogens is 444 g/mol. The predicted octanol–water partition coefficient (Wildman–Crippen LogP) is 4.20. The van der Waals surface area contributed by atoms with Crippen LogP contribution in [-0.4, -0.2) is 32.9 Å². The Balaban J connectivity index is 1.83. The smallest absolute Gasteiger partial charge is 0.397 e. The molecule has 33 heavy (non-hydrogen) atoms. The topological polar surface area (TPSA) is 110 Å². The minimum Gasteiger partial charge on any atom is -0.476 e. The summed E-state index contributed by atoms with van der Waals surface area (Å²) in [5, 5.41) is 15.9. The van der Waals surface area contributed by atoms with Crippen molar-refractivity contribution in [1.82, 2.24) is 15.1 Å². The Morgan fingerprint density at radius 3 is 2.39 bits per heavy atom. The maximum absolute atomic E-state index is 13.4. The third-order valence-electron chi connectivity index (χ3n) is 5.13. The summed E-state index contributed by atoms with van der Waals surface area (Å²) < 4.78 is 53.6. The number of alkyl halides is 3. The van der Waals surface area contributed by atoms with Crippen LogP contribution >= 0.6 is 0 Å². The van der Waals surface area contributed by atoms with Crippen LogP contribution in [0.25, 0.3) is 5.69 Å². The molecule has 1 heterocycles. The molecule has 4 N–H and O–H groups in total. The molecule has 0 fully saturated rings. The maximum atomic E-state index is 13.4. The van der Waals surface area contributed by atoms with Crippen molar-refractivity contribution < 1.29 is 32.3 Å². The first-order valence-corrected chi connectivity index (χ1v) is 9.72. The van der Waals surface area contributed by atoms with Gasteiger partial charge in [-0.15, -0.1) is 0 Å². The Labute approximate surface area is 185 Å². The van der Waals surface area contributed by atoms with E-state index in [0.29, 0.717) is 11.1 Å². The molecule has 0 saturated heterocycles. The Kier molecular flexibility index (Phi) is 6.43. The van der Waals surface area contributed by atoms with Gasteiger partial charge in [0, 0.05) is 12.1 Å². The highest BCUT2D eigenvalue weighted by Crippen LogP contribution is 2.37. The van der Waals surface area contributed by atoms with Crippen LogP contribution in [0.15, 0.2) is 42.5 Å². The molecule has 11 heteroatoms. The summed E-state index contributed by atoms with van der Waals surface area (Å²) >= 11 is 0. The number of rotatable bonds is 6. The molecule has 3 aromatic rings. The molecule has 0 bridgehead atoms. The summed E-state index contributed by atoms with van der Waals surface area (Å²) in [5.74, 6) is -4.60. The summed E-state index contributed by atoms with van der Waals surface area (Å²) in [4.78, 5) is 24.0. The lowest BCUT2D eigenvalue weighted by Gasteiger charge is -2.13. The van der Waals surface area contributed by atoms with Crippen LogP contribution < -0.4 is 11.1 Å². The summed E-state index contributed by atoms with van der Waals surface area (Å²) in [6.07, 6.45) is -4.65. The molecule has 0 spiro atoms. The molecule has 0 aliphatic rings. The first-order chi connectivity index (χ1) is 15.4. The van der Waals surface area contributed by atoms with Crippen LogP contribution in [0.2, 0.25) is 0 Å². The molecule has 3 rings (SSSR count). The van der Waals surface area contributed by atoms with Crippen molar-refractivity contribution in [3.63, 3.8) is 0 Å². The van der Waals surface area contributed by atoms with Gasteiger partial charge in [-0.3, -0.25) is 4.79 Å². The number of nitrogen functional groups attached to an aromatic ring is 1. The lowest BCUT2D eigenvalue weighted by Crippen LogP contribution is -2.23. The lowest BCUT2D eigenvalue weighted by atomic mass is 10.1. The van der Waals surface area contributed by atoms with Crippen molar-refractivity contribution >= 4 is 17.6 Å². The molecule has 2 aromatic carbocycles. The number of carboxylic acids is 1. The van der Waals surface area contributed by atoms with E-state index in [-0.39, 0.29) is 17.8 Å². The summed E-state index contributed by atoms with van der Waals surface area (Å²) in [6.45, 7) is 2.60. The van der Waals surface area contributed by atoms with Gasteiger partial charge in [0.25, 0.3) is 5.91 Å². The number of aromatic nitrogens is 2. The zero-order valence-electron chi connectivity index (χ0n) is 17.6. The average molecular weight is 464 g/mol. The van der Waals surface area contributed by atoms with E-state index in [0.717, 1.165) is 17.7 Å². The van der Waals surface area contributed by atoms with Gasteiger partial charge in [-0.05, 0) is 49.2 Å². The van der Waals surface area contributed by atoms with Gasteiger partial charge in [0.1, 0.15) is 5.82 Å². The zero-order chi connectivity index (χ0) is 24.5. The zero-order valence-corrected chi connectivity index (χ0v) is 17.6. The number of carbonyl (C=O) groups excluding carboxylic acids is 1. The highest BCUT2D eigenvalue weighted by molar-refractivity contribution is 5.95. The van der Waals surface area contributed by atoms with E-state index >= 15 is 0 Å². The van der Waals surface area contributed by atoms with Gasteiger partial charge >= 0.3 is 12.1 Å². The van der Waals surface area contributed by atoms with Gasteiger partial charge in [0.2, 0.25) is 0 Å². The third-order valence-corrected chi connectivity index (χ3v) is 5.13. The van der Waals surface area contributed by atoms with Gasteiger partial charge in [-0.25, -0.2) is 13.9 Å². The number of benzene rings is 2. The first kappa shape index (κ1) is 23.8. The number of amides is 1. The fraction of sp³-hybridized carbons (Fsp3) is 0.227. The van der Waals surface area contributed by atoms with Crippen molar-refractivity contribution in [3.05, 3.63) is 76.4 Å². The molecule has 0 aliphatic carbocycles. The number of hydrogen-bond donors (Lipinski definition) is 3. The average Bonchev–Trinajstić information content (AvgIpc) is 3.10. The number of nitrogens with zero attached hydrogens (tertiary/aromatic N) is 2. The quantitative estimate of drug-likeness (QED) is 0.474. The highest BCUT2D eigenvalue weighted by Gasteiger charge is 2.41. The van der Waals surface area contributed by atoms with Crippen molar-refractivity contribution in [1.29, 1.82) is 0 Å². The molecule has 1 amide bonds. The normalized spacial score (nSPS) is 12.4. The summed E-state index contributed by atoms with van der Waals surface area (Å²) in [5.41, 5.74) is 5.55. The number of halogens is 4. The lowest BCUT2D eigenvalue weighted by molar-refractivity contribution is -0.147. The number of hydrogen-bond acceptors (Lipinski definition) is 4. The SMILES string of the molecule is Cc1ccc(F)cc1C(=O)NCc1ccc(-n2nc(C(C)C(F)(F)F)c(N)c2C(=O)O)cc1. The van der Waals surface area contributed by atoms with E-state index < -0.39 is 46.9 Å². The fourth-order valence-corrected chi connectivity index (χ4v) is 3.19. The fourth-order valence-electron chi connectivity index (χ4n) is 3.19. The number of anilines is 1.